The van der Waals surface area contributed by atoms with Gasteiger partial charge in [-0.25, -0.2) is 0 Å². The van der Waals surface area contributed by atoms with Crippen molar-refractivity contribution < 1.29 is 19.0 Å². The van der Waals surface area contributed by atoms with Gasteiger partial charge in [0.1, 0.15) is 11.8 Å². The maximum absolute atomic E-state index is 13.0. The van der Waals surface area contributed by atoms with Gasteiger partial charge in [-0.1, -0.05) is 30.3 Å². The van der Waals surface area contributed by atoms with Crippen molar-refractivity contribution in [2.75, 3.05) is 24.5 Å². The first-order valence-electron chi connectivity index (χ1n) is 8.89. The molecule has 0 aromatic heterocycles. The molecule has 0 saturated heterocycles. The van der Waals surface area contributed by atoms with Gasteiger partial charge < -0.3 is 24.8 Å². The number of ether oxygens (including phenoxy) is 3. The summed E-state index contributed by atoms with van der Waals surface area (Å²) in [7, 11) is 1.61. The molecule has 142 valence electrons. The maximum Gasteiger partial charge on any atom is 0.251 e. The van der Waals surface area contributed by atoms with E-state index in [2.05, 4.69) is 10.6 Å². The number of carbonyl (C=O) groups is 1. The third kappa shape index (κ3) is 3.86. The highest BCUT2D eigenvalue weighted by molar-refractivity contribution is 5.97. The molecule has 1 amide bonds. The number of hydrogen-bond acceptors (Lipinski definition) is 5. The van der Waals surface area contributed by atoms with Crippen LogP contribution in [0.4, 0.5) is 11.4 Å². The maximum atomic E-state index is 13.0. The highest BCUT2D eigenvalue weighted by Crippen LogP contribution is 2.35. The fourth-order valence-electron chi connectivity index (χ4n) is 2.99. The van der Waals surface area contributed by atoms with Crippen molar-refractivity contribution in [3.8, 4) is 17.2 Å². The van der Waals surface area contributed by atoms with Crippen molar-refractivity contribution in [1.29, 1.82) is 0 Å². The molecule has 6 nitrogen and oxygen atoms in total. The van der Waals surface area contributed by atoms with E-state index in [0.717, 1.165) is 17.0 Å². The van der Waals surface area contributed by atoms with Crippen LogP contribution in [0.5, 0.6) is 17.2 Å². The third-order valence-electron chi connectivity index (χ3n) is 4.44. The summed E-state index contributed by atoms with van der Waals surface area (Å²) in [5.41, 5.74) is 2.31. The quantitative estimate of drug-likeness (QED) is 0.674. The molecule has 4 rings (SSSR count). The summed E-state index contributed by atoms with van der Waals surface area (Å²) < 4.78 is 15.9. The Hall–Kier alpha value is -3.67. The second kappa shape index (κ2) is 7.92. The van der Waals surface area contributed by atoms with Gasteiger partial charge in [0.25, 0.3) is 5.91 Å². The smallest absolute Gasteiger partial charge is 0.251 e. The van der Waals surface area contributed by atoms with Crippen molar-refractivity contribution in [3.63, 3.8) is 0 Å². The molecule has 6 heteroatoms. The van der Waals surface area contributed by atoms with Crippen molar-refractivity contribution in [3.05, 3.63) is 78.4 Å². The summed E-state index contributed by atoms with van der Waals surface area (Å²) in [6, 6.07) is 21.7. The predicted octanol–water partition coefficient (Wildman–Crippen LogP) is 4.22. The SMILES string of the molecule is COc1ccc(NC(=O)C(Nc2ccc3c(c2)OCO3)c2ccccc2)cc1. The van der Waals surface area contributed by atoms with Crippen LogP contribution < -0.4 is 24.8 Å². The van der Waals surface area contributed by atoms with Crippen molar-refractivity contribution in [2.45, 2.75) is 6.04 Å². The van der Waals surface area contributed by atoms with Crippen LogP contribution in [0, 0.1) is 0 Å². The average molecular weight is 376 g/mol. The second-order valence-electron chi connectivity index (χ2n) is 6.27. The zero-order valence-corrected chi connectivity index (χ0v) is 15.3. The second-order valence-corrected chi connectivity index (χ2v) is 6.27. The minimum atomic E-state index is -0.580. The molecule has 28 heavy (non-hydrogen) atoms. The minimum absolute atomic E-state index is 0.172. The van der Waals surface area contributed by atoms with Crippen LogP contribution >= 0.6 is 0 Å². The topological polar surface area (TPSA) is 68.8 Å². The van der Waals surface area contributed by atoms with E-state index in [0.29, 0.717) is 17.2 Å². The first-order chi connectivity index (χ1) is 13.7. The van der Waals surface area contributed by atoms with E-state index >= 15 is 0 Å². The van der Waals surface area contributed by atoms with Gasteiger partial charge in [-0.3, -0.25) is 4.79 Å². The molecule has 0 bridgehead atoms. The summed E-state index contributed by atoms with van der Waals surface area (Å²) in [6.45, 7) is 0.207. The van der Waals surface area contributed by atoms with E-state index in [1.54, 1.807) is 31.4 Å². The van der Waals surface area contributed by atoms with Crippen LogP contribution in [-0.4, -0.2) is 19.8 Å². The normalized spacial score (nSPS) is 12.9. The molecular weight excluding hydrogens is 356 g/mol. The van der Waals surface area contributed by atoms with Gasteiger partial charge in [-0.2, -0.15) is 0 Å². The number of rotatable bonds is 6. The van der Waals surface area contributed by atoms with Gasteiger partial charge >= 0.3 is 0 Å². The molecule has 1 heterocycles. The molecule has 2 N–H and O–H groups in total. The number of benzene rings is 3. The number of fused-ring (bicyclic) bond motifs is 1. The number of nitrogens with one attached hydrogen (secondary N) is 2. The molecule has 3 aromatic carbocycles. The lowest BCUT2D eigenvalue weighted by Gasteiger charge is -2.20. The first kappa shape index (κ1) is 17.7. The molecular formula is C22H20N2O4. The largest absolute Gasteiger partial charge is 0.497 e. The number of amides is 1. The molecule has 0 saturated carbocycles. The number of hydrogen-bond donors (Lipinski definition) is 2. The Labute approximate surface area is 163 Å². The Morgan fingerprint density at radius 3 is 2.39 bits per heavy atom. The summed E-state index contributed by atoms with van der Waals surface area (Å²) in [4.78, 5) is 13.0. The van der Waals surface area contributed by atoms with Gasteiger partial charge in [-0.05, 0) is 42.0 Å². The molecule has 0 spiro atoms. The first-order valence-corrected chi connectivity index (χ1v) is 8.89. The van der Waals surface area contributed by atoms with Crippen LogP contribution in [0.15, 0.2) is 72.8 Å². The Morgan fingerprint density at radius 2 is 1.64 bits per heavy atom. The molecule has 1 aliphatic heterocycles. The van der Waals surface area contributed by atoms with Crippen molar-refractivity contribution >= 4 is 17.3 Å². The number of methoxy groups -OCH3 is 1. The third-order valence-corrected chi connectivity index (χ3v) is 4.44. The van der Waals surface area contributed by atoms with Crippen LogP contribution in [0.2, 0.25) is 0 Å². The zero-order chi connectivity index (χ0) is 19.3. The molecule has 1 atom stereocenters. The van der Waals surface area contributed by atoms with E-state index in [1.165, 1.54) is 0 Å². The van der Waals surface area contributed by atoms with Crippen LogP contribution in [-0.2, 0) is 4.79 Å². The zero-order valence-electron chi connectivity index (χ0n) is 15.3. The van der Waals surface area contributed by atoms with Gasteiger partial charge in [0.2, 0.25) is 6.79 Å². The molecule has 0 fully saturated rings. The highest BCUT2D eigenvalue weighted by atomic mass is 16.7. The lowest BCUT2D eigenvalue weighted by Crippen LogP contribution is -2.27. The lowest BCUT2D eigenvalue weighted by atomic mass is 10.1. The van der Waals surface area contributed by atoms with E-state index < -0.39 is 6.04 Å². The Morgan fingerprint density at radius 1 is 0.929 bits per heavy atom. The Kier molecular flexibility index (Phi) is 5.01. The average Bonchev–Trinajstić information content (AvgIpc) is 3.21. The van der Waals surface area contributed by atoms with Gasteiger partial charge in [0.05, 0.1) is 7.11 Å². The summed E-state index contributed by atoms with van der Waals surface area (Å²) in [5.74, 6) is 1.92. The molecule has 1 aliphatic rings. The van der Waals surface area contributed by atoms with Crippen molar-refractivity contribution in [1.82, 2.24) is 0 Å². The van der Waals surface area contributed by atoms with E-state index in [4.69, 9.17) is 14.2 Å². The molecule has 3 aromatic rings. The van der Waals surface area contributed by atoms with Crippen LogP contribution in [0.3, 0.4) is 0 Å². The minimum Gasteiger partial charge on any atom is -0.497 e. The molecule has 1 unspecified atom stereocenters. The fraction of sp³-hybridized carbons (Fsp3) is 0.136. The molecule has 0 aliphatic carbocycles. The van der Waals surface area contributed by atoms with E-state index in [9.17, 15) is 4.79 Å². The standard InChI is InChI=1S/C22H20N2O4/c1-26-18-10-7-16(8-11-18)24-22(25)21(15-5-3-2-4-6-15)23-17-9-12-19-20(13-17)28-14-27-19/h2-13,21,23H,14H2,1H3,(H,24,25). The molecule has 0 radical (unpaired) electrons. The Bertz CT molecular complexity index is 958. The van der Waals surface area contributed by atoms with E-state index in [-0.39, 0.29) is 12.7 Å². The summed E-state index contributed by atoms with van der Waals surface area (Å²) in [5, 5.41) is 6.25. The lowest BCUT2D eigenvalue weighted by molar-refractivity contribution is -0.117. The monoisotopic (exact) mass is 376 g/mol. The van der Waals surface area contributed by atoms with Gasteiger partial charge in [0, 0.05) is 17.4 Å². The highest BCUT2D eigenvalue weighted by Gasteiger charge is 2.22. The number of anilines is 2. The van der Waals surface area contributed by atoms with Gasteiger partial charge in [0.15, 0.2) is 11.5 Å². The fourth-order valence-corrected chi connectivity index (χ4v) is 2.99. The summed E-state index contributed by atoms with van der Waals surface area (Å²) >= 11 is 0. The van der Waals surface area contributed by atoms with Crippen LogP contribution in [0.1, 0.15) is 11.6 Å². The summed E-state index contributed by atoms with van der Waals surface area (Å²) in [6.07, 6.45) is 0. The van der Waals surface area contributed by atoms with Gasteiger partial charge in [-0.15, -0.1) is 0 Å². The predicted molar refractivity (Wildman–Crippen MR) is 107 cm³/mol. The van der Waals surface area contributed by atoms with Crippen molar-refractivity contribution in [2.24, 2.45) is 0 Å². The number of carbonyl (C=O) groups excluding carboxylic acids is 1. The van der Waals surface area contributed by atoms with Crippen LogP contribution in [0.25, 0.3) is 0 Å². The van der Waals surface area contributed by atoms with E-state index in [1.807, 2.05) is 48.5 Å². The Balaban J connectivity index is 1.57.